The molecule has 1 atom stereocenters. The zero-order valence-electron chi connectivity index (χ0n) is 19.7. The van der Waals surface area contributed by atoms with E-state index in [0.717, 1.165) is 51.1 Å². The Morgan fingerprint density at radius 3 is 2.45 bits per heavy atom. The number of carbonyl (C=O) groups excluding carboxylic acids is 1. The third-order valence-electron chi connectivity index (χ3n) is 6.30. The van der Waals surface area contributed by atoms with Crippen molar-refractivity contribution in [2.45, 2.75) is 52.9 Å². The molecule has 1 N–H and O–H groups in total. The van der Waals surface area contributed by atoms with Gasteiger partial charge in [0, 0.05) is 27.9 Å². The number of aryl methyl sites for hydroxylation is 1. The smallest absolute Gasteiger partial charge is 0.339 e. The fourth-order valence-electron chi connectivity index (χ4n) is 4.89. The summed E-state index contributed by atoms with van der Waals surface area (Å²) >= 11 is 6.22. The minimum Gasteiger partial charge on any atom is -0.467 e. The molecule has 33 heavy (non-hydrogen) atoms. The summed E-state index contributed by atoms with van der Waals surface area (Å²) in [4.78, 5) is 13.1. The number of hydrogen-bond donors (Lipinski definition) is 1. The van der Waals surface area contributed by atoms with Crippen LogP contribution < -0.4 is 0 Å². The van der Waals surface area contributed by atoms with Crippen LogP contribution in [0.3, 0.4) is 0 Å². The van der Waals surface area contributed by atoms with Crippen molar-refractivity contribution in [3.05, 3.63) is 64.1 Å². The van der Waals surface area contributed by atoms with Crippen LogP contribution in [0, 0.1) is 13.8 Å². The van der Waals surface area contributed by atoms with E-state index >= 15 is 0 Å². The van der Waals surface area contributed by atoms with E-state index in [9.17, 15) is 4.79 Å². The summed E-state index contributed by atoms with van der Waals surface area (Å²) in [6.07, 6.45) is 1.13. The van der Waals surface area contributed by atoms with Gasteiger partial charge in [-0.1, -0.05) is 23.7 Å². The number of aromatic nitrogens is 3. The Morgan fingerprint density at radius 2 is 1.88 bits per heavy atom. The number of halogens is 1. The number of ether oxygens (including phenoxy) is 2. The number of nitrogens with zero attached hydrogens (tertiary/aromatic N) is 2. The highest BCUT2D eigenvalue weighted by atomic mass is 35.5. The first-order valence-corrected chi connectivity index (χ1v) is 11.4. The van der Waals surface area contributed by atoms with E-state index < -0.39 is 17.7 Å². The number of esters is 1. The molecule has 7 heteroatoms. The van der Waals surface area contributed by atoms with Gasteiger partial charge in [-0.25, -0.2) is 4.79 Å². The first-order chi connectivity index (χ1) is 15.6. The van der Waals surface area contributed by atoms with Gasteiger partial charge in [-0.05, 0) is 69.5 Å². The van der Waals surface area contributed by atoms with E-state index in [2.05, 4.69) is 34.3 Å². The number of benzene rings is 2. The number of carbonyl (C=O) groups is 1. The van der Waals surface area contributed by atoms with Gasteiger partial charge in [-0.2, -0.15) is 0 Å². The van der Waals surface area contributed by atoms with Crippen LogP contribution in [0.2, 0.25) is 5.02 Å². The molecule has 5 rings (SSSR count). The van der Waals surface area contributed by atoms with Gasteiger partial charge in [0.05, 0.1) is 36.2 Å². The summed E-state index contributed by atoms with van der Waals surface area (Å²) < 4.78 is 16.0. The lowest BCUT2D eigenvalue weighted by molar-refractivity contribution is -0.164. The van der Waals surface area contributed by atoms with Gasteiger partial charge in [0.25, 0.3) is 0 Å². The summed E-state index contributed by atoms with van der Waals surface area (Å²) in [6.45, 7) is 10.8. The van der Waals surface area contributed by atoms with Crippen LogP contribution >= 0.6 is 11.6 Å². The van der Waals surface area contributed by atoms with Gasteiger partial charge >= 0.3 is 5.97 Å². The van der Waals surface area contributed by atoms with Crippen LogP contribution in [0.15, 0.2) is 36.5 Å². The number of aromatic amines is 1. The van der Waals surface area contributed by atoms with Gasteiger partial charge < -0.3 is 14.0 Å². The van der Waals surface area contributed by atoms with Gasteiger partial charge in [0.2, 0.25) is 0 Å². The lowest BCUT2D eigenvalue weighted by atomic mass is 9.87. The molecule has 0 spiro atoms. The van der Waals surface area contributed by atoms with E-state index in [1.807, 2.05) is 51.2 Å². The predicted octanol–water partition coefficient (Wildman–Crippen LogP) is 6.09. The van der Waals surface area contributed by atoms with Crippen LogP contribution in [-0.4, -0.2) is 33.0 Å². The van der Waals surface area contributed by atoms with Crippen molar-refractivity contribution in [2.75, 3.05) is 7.11 Å². The maximum Gasteiger partial charge on any atom is 0.339 e. The highest BCUT2D eigenvalue weighted by Crippen LogP contribution is 2.46. The second kappa shape index (κ2) is 7.54. The zero-order valence-corrected chi connectivity index (χ0v) is 20.5. The van der Waals surface area contributed by atoms with Crippen molar-refractivity contribution < 1.29 is 14.3 Å². The summed E-state index contributed by atoms with van der Waals surface area (Å²) in [5.74, 6) is -0.422. The van der Waals surface area contributed by atoms with E-state index in [1.165, 1.54) is 12.8 Å². The van der Waals surface area contributed by atoms with Gasteiger partial charge in [-0.3, -0.25) is 9.78 Å². The molecule has 0 bridgehead atoms. The van der Waals surface area contributed by atoms with Crippen molar-refractivity contribution in [1.29, 1.82) is 0 Å². The quantitative estimate of drug-likeness (QED) is 0.327. The first-order valence-electron chi connectivity index (χ1n) is 11.0. The maximum absolute atomic E-state index is 13.1. The zero-order chi connectivity index (χ0) is 23.7. The number of nitrogens with one attached hydrogen (secondary N) is 1. The van der Waals surface area contributed by atoms with E-state index in [1.54, 1.807) is 0 Å². The molecule has 2 aromatic heterocycles. The molecule has 3 heterocycles. The second-order valence-corrected chi connectivity index (χ2v) is 10.1. The Kier molecular flexibility index (Phi) is 4.99. The Bertz CT molecular complexity index is 1380. The number of fused-ring (bicyclic) bond motifs is 2. The Labute approximate surface area is 198 Å². The topological polar surface area (TPSA) is 61.2 Å². The highest BCUT2D eigenvalue weighted by molar-refractivity contribution is 6.30. The minimum atomic E-state index is -0.888. The van der Waals surface area contributed by atoms with Crippen LogP contribution in [0.25, 0.3) is 27.7 Å². The Hall–Kier alpha value is -2.96. The molecule has 0 amide bonds. The molecule has 0 aliphatic carbocycles. The van der Waals surface area contributed by atoms with Crippen LogP contribution in [0.1, 0.15) is 49.4 Å². The van der Waals surface area contributed by atoms with Crippen molar-refractivity contribution in [3.8, 4) is 16.8 Å². The predicted molar refractivity (Wildman–Crippen MR) is 130 cm³/mol. The normalized spacial score (nSPS) is 13.9. The first kappa shape index (κ1) is 21.9. The van der Waals surface area contributed by atoms with Crippen molar-refractivity contribution in [3.63, 3.8) is 0 Å². The monoisotopic (exact) mass is 465 g/mol. The molecule has 0 saturated carbocycles. The summed E-state index contributed by atoms with van der Waals surface area (Å²) in [6, 6.07) is 9.94. The van der Waals surface area contributed by atoms with Crippen LogP contribution in [-0.2, 0) is 20.8 Å². The summed E-state index contributed by atoms with van der Waals surface area (Å²) in [7, 11) is 1.40. The molecule has 0 radical (unpaired) electrons. The maximum atomic E-state index is 13.1. The largest absolute Gasteiger partial charge is 0.467 e. The van der Waals surface area contributed by atoms with Crippen molar-refractivity contribution in [1.82, 2.24) is 14.3 Å². The average Bonchev–Trinajstić information content (AvgIpc) is 3.06. The lowest BCUT2D eigenvalue weighted by Gasteiger charge is -2.33. The Balaban J connectivity index is 1.93. The lowest BCUT2D eigenvalue weighted by Crippen LogP contribution is -2.30. The standard InChI is InChI=1S/C26H28ClN3O3/c1-14-11-19-21(16-7-9-17(27)10-8-16)20(24(25(31)32-6)33-26(3,4)5)15(2)22-23(19)29(14)13-18-12-28-30(18)22/h7-12,24,28H,13H2,1-6H3/t24-/m0/s1. The molecule has 0 unspecified atom stereocenters. The molecule has 2 aromatic carbocycles. The van der Waals surface area contributed by atoms with Gasteiger partial charge in [-0.15, -0.1) is 0 Å². The molecule has 172 valence electrons. The molecular weight excluding hydrogens is 438 g/mol. The fourth-order valence-corrected chi connectivity index (χ4v) is 5.01. The van der Waals surface area contributed by atoms with Crippen molar-refractivity contribution >= 4 is 28.5 Å². The number of H-pyrrole nitrogens is 1. The fraction of sp³-hybridized carbons (Fsp3) is 0.346. The molecule has 0 fully saturated rings. The van der Waals surface area contributed by atoms with Gasteiger partial charge in [0.1, 0.15) is 0 Å². The third-order valence-corrected chi connectivity index (χ3v) is 6.55. The molecule has 1 aliphatic rings. The number of hydrogen-bond acceptors (Lipinski definition) is 3. The number of methoxy groups -OCH3 is 1. The molecule has 0 saturated heterocycles. The Morgan fingerprint density at radius 1 is 1.18 bits per heavy atom. The van der Waals surface area contributed by atoms with Crippen LogP contribution in [0.4, 0.5) is 0 Å². The average molecular weight is 466 g/mol. The second-order valence-electron chi connectivity index (χ2n) is 9.64. The van der Waals surface area contributed by atoms with E-state index in [-0.39, 0.29) is 0 Å². The van der Waals surface area contributed by atoms with E-state index in [4.69, 9.17) is 21.1 Å². The summed E-state index contributed by atoms with van der Waals surface area (Å²) in [5.41, 5.74) is 7.71. The molecular formula is C26H28ClN3O3. The molecule has 4 aromatic rings. The number of rotatable bonds is 4. The van der Waals surface area contributed by atoms with Crippen molar-refractivity contribution in [2.24, 2.45) is 0 Å². The highest BCUT2D eigenvalue weighted by Gasteiger charge is 2.36. The summed E-state index contributed by atoms with van der Waals surface area (Å²) in [5, 5.41) is 5.04. The third kappa shape index (κ3) is 3.40. The molecule has 1 aliphatic heterocycles. The molecule has 6 nitrogen and oxygen atoms in total. The SMILES string of the molecule is COC(=O)[C@@H](OC(C)(C)C)c1c(C)c2c3c(cc(C)n3Cc3c[nH]n3-2)c1-c1ccc(Cl)cc1. The minimum absolute atomic E-state index is 0.422. The van der Waals surface area contributed by atoms with E-state index in [0.29, 0.717) is 5.02 Å². The van der Waals surface area contributed by atoms with Gasteiger partial charge in [0.15, 0.2) is 6.10 Å². The van der Waals surface area contributed by atoms with Crippen LogP contribution in [0.5, 0.6) is 0 Å².